The number of esters is 1. The number of methoxy groups -OCH3 is 1. The van der Waals surface area contributed by atoms with E-state index in [0.29, 0.717) is 5.56 Å². The number of nitro benzene ring substituents is 1. The summed E-state index contributed by atoms with van der Waals surface area (Å²) < 4.78 is 10.6. The summed E-state index contributed by atoms with van der Waals surface area (Å²) in [7, 11) is 1.39. The first-order chi connectivity index (χ1) is 15.4. The highest BCUT2D eigenvalue weighted by molar-refractivity contribution is 5.97. The monoisotopic (exact) mass is 435 g/mol. The van der Waals surface area contributed by atoms with Crippen LogP contribution < -0.4 is 14.9 Å². The first kappa shape index (κ1) is 22.0. The van der Waals surface area contributed by atoms with E-state index in [1.165, 1.54) is 61.9 Å². The summed E-state index contributed by atoms with van der Waals surface area (Å²) in [5, 5.41) is 24.2. The molecule has 3 aromatic carbocycles. The van der Waals surface area contributed by atoms with Gasteiger partial charge in [-0.3, -0.25) is 14.9 Å². The topological polar surface area (TPSA) is 140 Å². The van der Waals surface area contributed by atoms with Crippen LogP contribution in [0.2, 0.25) is 0 Å². The van der Waals surface area contributed by atoms with Crippen molar-refractivity contribution in [1.29, 1.82) is 0 Å². The quantitative estimate of drug-likeness (QED) is 0.191. The molecule has 0 atom stereocenters. The number of nitro groups is 1. The van der Waals surface area contributed by atoms with Crippen LogP contribution in [-0.4, -0.2) is 35.2 Å². The number of hydrogen-bond donors (Lipinski definition) is 2. The van der Waals surface area contributed by atoms with E-state index in [1.54, 1.807) is 18.2 Å². The second-order valence-electron chi connectivity index (χ2n) is 6.32. The largest absolute Gasteiger partial charge is 0.507 e. The minimum atomic E-state index is -0.713. The Labute approximate surface area is 181 Å². The van der Waals surface area contributed by atoms with Crippen molar-refractivity contribution in [3.63, 3.8) is 0 Å². The summed E-state index contributed by atoms with van der Waals surface area (Å²) in [6, 6.07) is 15.6. The van der Waals surface area contributed by atoms with Gasteiger partial charge in [0.1, 0.15) is 5.75 Å². The molecule has 0 saturated heterocycles. The molecular formula is C22H17N3O7. The molecule has 10 heteroatoms. The molecule has 0 aliphatic heterocycles. The van der Waals surface area contributed by atoms with Gasteiger partial charge in [-0.15, -0.1) is 0 Å². The van der Waals surface area contributed by atoms with E-state index < -0.39 is 16.8 Å². The lowest BCUT2D eigenvalue weighted by Crippen LogP contribution is -2.17. The number of hydrazone groups is 1. The van der Waals surface area contributed by atoms with Crippen LogP contribution in [0.25, 0.3) is 0 Å². The summed E-state index contributed by atoms with van der Waals surface area (Å²) in [5.41, 5.74) is 2.91. The first-order valence-corrected chi connectivity index (χ1v) is 9.15. The Hall–Kier alpha value is -4.73. The molecule has 0 unspecified atom stereocenters. The maximum Gasteiger partial charge on any atom is 0.343 e. The van der Waals surface area contributed by atoms with Gasteiger partial charge < -0.3 is 14.6 Å². The Bertz CT molecular complexity index is 1190. The van der Waals surface area contributed by atoms with Crippen molar-refractivity contribution in [2.24, 2.45) is 5.10 Å². The van der Waals surface area contributed by atoms with Gasteiger partial charge in [-0.25, -0.2) is 10.2 Å². The summed E-state index contributed by atoms with van der Waals surface area (Å²) >= 11 is 0. The number of aromatic hydroxyl groups is 1. The van der Waals surface area contributed by atoms with Gasteiger partial charge in [0.25, 0.3) is 11.6 Å². The van der Waals surface area contributed by atoms with Crippen LogP contribution in [0, 0.1) is 10.1 Å². The minimum Gasteiger partial charge on any atom is -0.507 e. The fourth-order valence-corrected chi connectivity index (χ4v) is 2.62. The molecule has 3 rings (SSSR count). The SMILES string of the molecule is COc1cc(C=NNC(=O)c2ccccc2O)ccc1OC(=O)c1ccc([N+](=O)[O-])cc1. The highest BCUT2D eigenvalue weighted by atomic mass is 16.6. The molecule has 0 radical (unpaired) electrons. The molecule has 162 valence electrons. The third-order valence-corrected chi connectivity index (χ3v) is 4.23. The molecular weight excluding hydrogens is 418 g/mol. The van der Waals surface area contributed by atoms with Crippen molar-refractivity contribution in [2.45, 2.75) is 0 Å². The highest BCUT2D eigenvalue weighted by Crippen LogP contribution is 2.28. The van der Waals surface area contributed by atoms with E-state index in [0.717, 1.165) is 0 Å². The second-order valence-corrected chi connectivity index (χ2v) is 6.32. The molecule has 10 nitrogen and oxygen atoms in total. The molecule has 0 heterocycles. The Morgan fingerprint density at radius 3 is 2.44 bits per heavy atom. The molecule has 0 fully saturated rings. The van der Waals surface area contributed by atoms with Crippen molar-refractivity contribution < 1.29 is 29.1 Å². The molecule has 32 heavy (non-hydrogen) atoms. The van der Waals surface area contributed by atoms with Gasteiger partial charge >= 0.3 is 5.97 Å². The highest BCUT2D eigenvalue weighted by Gasteiger charge is 2.15. The smallest absolute Gasteiger partial charge is 0.343 e. The molecule has 0 aromatic heterocycles. The number of rotatable bonds is 7. The number of hydrogen-bond acceptors (Lipinski definition) is 8. The fourth-order valence-electron chi connectivity index (χ4n) is 2.62. The van der Waals surface area contributed by atoms with E-state index in [-0.39, 0.29) is 34.1 Å². The zero-order valence-electron chi connectivity index (χ0n) is 16.7. The molecule has 0 saturated carbocycles. The van der Waals surface area contributed by atoms with Gasteiger partial charge in [-0.1, -0.05) is 12.1 Å². The summed E-state index contributed by atoms with van der Waals surface area (Å²) in [4.78, 5) is 34.5. The van der Waals surface area contributed by atoms with Gasteiger partial charge in [0.2, 0.25) is 0 Å². The first-order valence-electron chi connectivity index (χ1n) is 9.15. The van der Waals surface area contributed by atoms with E-state index >= 15 is 0 Å². The van der Waals surface area contributed by atoms with Crippen LogP contribution in [0.4, 0.5) is 5.69 Å². The Morgan fingerprint density at radius 2 is 1.78 bits per heavy atom. The predicted molar refractivity (Wildman–Crippen MR) is 114 cm³/mol. The van der Waals surface area contributed by atoms with Crippen LogP contribution in [0.5, 0.6) is 17.2 Å². The maximum atomic E-state index is 12.3. The molecule has 2 N–H and O–H groups in total. The molecule has 0 aliphatic carbocycles. The molecule has 1 amide bonds. The number of nitrogens with zero attached hydrogens (tertiary/aromatic N) is 2. The second kappa shape index (κ2) is 9.85. The molecule has 0 aliphatic rings. The normalized spacial score (nSPS) is 10.5. The van der Waals surface area contributed by atoms with E-state index in [4.69, 9.17) is 9.47 Å². The van der Waals surface area contributed by atoms with E-state index in [2.05, 4.69) is 10.5 Å². The Morgan fingerprint density at radius 1 is 1.06 bits per heavy atom. The lowest BCUT2D eigenvalue weighted by Gasteiger charge is -2.10. The van der Waals surface area contributed by atoms with Crippen LogP contribution in [0.3, 0.4) is 0 Å². The number of phenols is 1. The average molecular weight is 435 g/mol. The van der Waals surface area contributed by atoms with Gasteiger partial charge in [0, 0.05) is 12.1 Å². The zero-order valence-corrected chi connectivity index (χ0v) is 16.7. The van der Waals surface area contributed by atoms with Crippen molar-refractivity contribution in [3.05, 3.63) is 93.5 Å². The standard InChI is InChI=1S/C22H17N3O7/c1-31-20-12-14(13-23-24-21(27)17-4-2-3-5-18(17)26)6-11-19(20)32-22(28)15-7-9-16(10-8-15)25(29)30/h2-13,26H,1H3,(H,24,27). The number of ether oxygens (including phenoxy) is 2. The van der Waals surface area contributed by atoms with Crippen LogP contribution in [0.15, 0.2) is 71.8 Å². The number of carbonyl (C=O) groups is 2. The average Bonchev–Trinajstić information content (AvgIpc) is 2.80. The lowest BCUT2D eigenvalue weighted by molar-refractivity contribution is -0.384. The minimum absolute atomic E-state index is 0.0794. The van der Waals surface area contributed by atoms with Crippen molar-refractivity contribution in [1.82, 2.24) is 5.43 Å². The molecule has 0 bridgehead atoms. The van der Waals surface area contributed by atoms with Crippen molar-refractivity contribution >= 4 is 23.8 Å². The number of carbonyl (C=O) groups excluding carboxylic acids is 2. The van der Waals surface area contributed by atoms with Crippen LogP contribution >= 0.6 is 0 Å². The summed E-state index contributed by atoms with van der Waals surface area (Å²) in [6.45, 7) is 0. The third-order valence-electron chi connectivity index (χ3n) is 4.23. The third kappa shape index (κ3) is 5.25. The van der Waals surface area contributed by atoms with Gasteiger partial charge in [-0.05, 0) is 48.0 Å². The van der Waals surface area contributed by atoms with Crippen molar-refractivity contribution in [3.8, 4) is 17.2 Å². The Kier molecular flexibility index (Phi) is 6.76. The van der Waals surface area contributed by atoms with Gasteiger partial charge in [-0.2, -0.15) is 5.10 Å². The zero-order chi connectivity index (χ0) is 23.1. The van der Waals surface area contributed by atoms with Crippen LogP contribution in [0.1, 0.15) is 26.3 Å². The van der Waals surface area contributed by atoms with Gasteiger partial charge in [0.15, 0.2) is 11.5 Å². The van der Waals surface area contributed by atoms with E-state index in [9.17, 15) is 24.8 Å². The Balaban J connectivity index is 1.68. The molecule has 3 aromatic rings. The lowest BCUT2D eigenvalue weighted by atomic mass is 10.2. The summed E-state index contributed by atoms with van der Waals surface area (Å²) in [6.07, 6.45) is 1.35. The van der Waals surface area contributed by atoms with Gasteiger partial charge in [0.05, 0.1) is 29.4 Å². The van der Waals surface area contributed by atoms with Crippen molar-refractivity contribution in [2.75, 3.05) is 7.11 Å². The number of para-hydroxylation sites is 1. The number of amides is 1. The summed E-state index contributed by atoms with van der Waals surface area (Å²) in [5.74, 6) is -1.10. The molecule has 0 spiro atoms. The number of benzene rings is 3. The van der Waals surface area contributed by atoms with Crippen LogP contribution in [-0.2, 0) is 0 Å². The predicted octanol–water partition coefficient (Wildman–Crippen LogP) is 3.29. The number of non-ortho nitro benzene ring substituents is 1. The fraction of sp³-hybridized carbons (Fsp3) is 0.0455. The number of nitrogens with one attached hydrogen (secondary N) is 1. The van der Waals surface area contributed by atoms with E-state index in [1.807, 2.05) is 0 Å². The number of phenolic OH excluding ortho intramolecular Hbond substituents is 1. The maximum absolute atomic E-state index is 12.3.